The molecule has 0 aliphatic rings. The van der Waals surface area contributed by atoms with E-state index in [1.165, 1.54) is 14.2 Å². The molecular formula is C38H35BrN4O8S2. The van der Waals surface area contributed by atoms with Gasteiger partial charge in [-0.1, -0.05) is 84.8 Å². The molecule has 53 heavy (non-hydrogen) atoms. The highest BCUT2D eigenvalue weighted by molar-refractivity contribution is 9.10. The summed E-state index contributed by atoms with van der Waals surface area (Å²) in [4.78, 5) is 0.130. The molecule has 12 nitrogen and oxygen atoms in total. The minimum atomic E-state index is -3.93. The Bertz CT molecular complexity index is 2630. The van der Waals surface area contributed by atoms with Crippen LogP contribution in [0.4, 0.5) is 11.6 Å². The van der Waals surface area contributed by atoms with Gasteiger partial charge in [-0.05, 0) is 87.9 Å². The van der Waals surface area contributed by atoms with E-state index in [0.717, 1.165) is 22.3 Å². The van der Waals surface area contributed by atoms with E-state index in [1.54, 1.807) is 48.5 Å². The summed E-state index contributed by atoms with van der Waals surface area (Å²) >= 11 is 3.35. The van der Waals surface area contributed by atoms with E-state index in [2.05, 4.69) is 35.7 Å². The van der Waals surface area contributed by atoms with Crippen molar-refractivity contribution in [2.45, 2.75) is 36.5 Å². The van der Waals surface area contributed by atoms with E-state index in [9.17, 15) is 16.8 Å². The van der Waals surface area contributed by atoms with Crippen LogP contribution >= 0.6 is 15.9 Å². The first kappa shape index (κ1) is 37.4. The van der Waals surface area contributed by atoms with E-state index in [0.29, 0.717) is 39.3 Å². The molecule has 0 unspecified atom stereocenters. The fourth-order valence-corrected chi connectivity index (χ4v) is 8.46. The monoisotopic (exact) mass is 818 g/mol. The number of anilines is 2. The number of nitrogens with one attached hydrogen (secondary N) is 2. The maximum Gasteiger partial charge on any atom is 0.266 e. The van der Waals surface area contributed by atoms with E-state index in [4.69, 9.17) is 18.5 Å². The van der Waals surface area contributed by atoms with Gasteiger partial charge in [-0.15, -0.1) is 0 Å². The van der Waals surface area contributed by atoms with Crippen molar-refractivity contribution in [3.8, 4) is 22.6 Å². The number of hydrogen-bond acceptors (Lipinski definition) is 10. The highest BCUT2D eigenvalue weighted by Gasteiger charge is 2.25. The number of fused-ring (bicyclic) bond motifs is 2. The van der Waals surface area contributed by atoms with Crippen molar-refractivity contribution in [1.29, 1.82) is 0 Å². The van der Waals surface area contributed by atoms with Crippen LogP contribution in [0.2, 0.25) is 0 Å². The van der Waals surface area contributed by atoms with Gasteiger partial charge in [-0.3, -0.25) is 9.44 Å². The minimum Gasteiger partial charge on any atom is -0.495 e. The Balaban J connectivity index is 0.000000185. The average molecular weight is 820 g/mol. The van der Waals surface area contributed by atoms with E-state index in [-0.39, 0.29) is 32.9 Å². The maximum atomic E-state index is 13.1. The summed E-state index contributed by atoms with van der Waals surface area (Å²) in [6.07, 6.45) is 1.42. The summed E-state index contributed by atoms with van der Waals surface area (Å²) < 4.78 is 78.6. The molecule has 0 radical (unpaired) electrons. The smallest absolute Gasteiger partial charge is 0.266 e. The number of aryl methyl sites for hydroxylation is 2. The lowest BCUT2D eigenvalue weighted by Gasteiger charge is -2.11. The molecule has 2 heterocycles. The lowest BCUT2D eigenvalue weighted by Crippen LogP contribution is -2.15. The van der Waals surface area contributed by atoms with Gasteiger partial charge in [0.1, 0.15) is 21.3 Å². The first-order chi connectivity index (χ1) is 25.5. The van der Waals surface area contributed by atoms with Gasteiger partial charge < -0.3 is 18.5 Å². The first-order valence-electron chi connectivity index (χ1n) is 16.4. The van der Waals surface area contributed by atoms with Crippen LogP contribution in [-0.4, -0.2) is 41.4 Å². The van der Waals surface area contributed by atoms with Crippen LogP contribution in [0.1, 0.15) is 25.0 Å². The third-order valence-electron chi connectivity index (χ3n) is 8.35. The molecule has 2 aromatic heterocycles. The van der Waals surface area contributed by atoms with E-state index < -0.39 is 20.0 Å². The Labute approximate surface area is 315 Å². The number of benzene rings is 5. The van der Waals surface area contributed by atoms with Crippen LogP contribution in [0.5, 0.6) is 11.5 Å². The lowest BCUT2D eigenvalue weighted by atomic mass is 10.0. The normalized spacial score (nSPS) is 11.6. The second-order valence-electron chi connectivity index (χ2n) is 11.6. The van der Waals surface area contributed by atoms with E-state index in [1.807, 2.05) is 68.4 Å². The summed E-state index contributed by atoms with van der Waals surface area (Å²) in [5.41, 5.74) is 4.58. The zero-order chi connectivity index (χ0) is 37.8. The molecule has 15 heteroatoms. The Kier molecular flexibility index (Phi) is 11.1. The zero-order valence-corrected chi connectivity index (χ0v) is 32.3. The minimum absolute atomic E-state index is 0.0645. The molecule has 5 aromatic carbocycles. The summed E-state index contributed by atoms with van der Waals surface area (Å²) in [6, 6.07) is 30.7. The lowest BCUT2D eigenvalue weighted by molar-refractivity contribution is 0.402. The molecule has 0 saturated carbocycles. The van der Waals surface area contributed by atoms with Gasteiger partial charge in [-0.2, -0.15) is 0 Å². The molecule has 7 aromatic rings. The second kappa shape index (κ2) is 15.7. The van der Waals surface area contributed by atoms with Crippen LogP contribution in [0.3, 0.4) is 0 Å². The average Bonchev–Trinajstić information content (AvgIpc) is 3.78. The van der Waals surface area contributed by atoms with Gasteiger partial charge in [0.25, 0.3) is 20.0 Å². The SMILES string of the molecule is CCc1ccc(OC)c(S(=O)(=O)Nc2noc3c(-c4ccccc4)cccc23)c1.CCc1ccc(OC)c(S(=O)(=O)Nc2noc3c(Br)cccc23)c1. The highest BCUT2D eigenvalue weighted by atomic mass is 79.9. The van der Waals surface area contributed by atoms with E-state index >= 15 is 0 Å². The highest BCUT2D eigenvalue weighted by Crippen LogP contribution is 2.35. The van der Waals surface area contributed by atoms with Gasteiger partial charge in [0, 0.05) is 5.56 Å². The summed E-state index contributed by atoms with van der Waals surface area (Å²) in [5, 5.41) is 8.96. The van der Waals surface area contributed by atoms with Crippen molar-refractivity contribution in [1.82, 2.24) is 10.3 Å². The predicted molar refractivity (Wildman–Crippen MR) is 208 cm³/mol. The van der Waals surface area contributed by atoms with Crippen molar-refractivity contribution in [3.63, 3.8) is 0 Å². The van der Waals surface area contributed by atoms with Gasteiger partial charge in [-0.25, -0.2) is 16.8 Å². The van der Waals surface area contributed by atoms with Crippen molar-refractivity contribution in [2.24, 2.45) is 0 Å². The number of para-hydroxylation sites is 2. The van der Waals surface area contributed by atoms with Gasteiger partial charge in [0.05, 0.1) is 29.5 Å². The Morgan fingerprint density at radius 1 is 0.623 bits per heavy atom. The Morgan fingerprint density at radius 2 is 1.11 bits per heavy atom. The molecule has 0 aliphatic heterocycles. The van der Waals surface area contributed by atoms with Crippen molar-refractivity contribution in [2.75, 3.05) is 23.7 Å². The standard InChI is InChI=1S/C22H20N2O4S.C16H15BrN2O4S/c1-3-15-12-13-19(27-2)20(14-15)29(25,26)24-22-18-11-7-10-17(21(18)28-23-22)16-8-5-4-6-9-16;1-3-10-7-8-13(22-2)14(9-10)24(20,21)19-16-11-5-4-6-12(17)15(11)23-18-16/h4-14H,3H2,1-2H3,(H,23,24);4-9H,3H2,1-2H3,(H,18,19). The number of ether oxygens (including phenoxy) is 2. The third-order valence-corrected chi connectivity index (χ3v) is 11.7. The number of halogens is 1. The zero-order valence-electron chi connectivity index (χ0n) is 29.1. The van der Waals surface area contributed by atoms with Gasteiger partial charge in [0.2, 0.25) is 0 Å². The molecule has 0 amide bonds. The number of methoxy groups -OCH3 is 2. The molecule has 0 fully saturated rings. The quantitative estimate of drug-likeness (QED) is 0.129. The van der Waals surface area contributed by atoms with Crippen molar-refractivity contribution in [3.05, 3.63) is 119 Å². The topological polar surface area (TPSA) is 163 Å². The fourth-order valence-electron chi connectivity index (χ4n) is 5.55. The molecular weight excluding hydrogens is 784 g/mol. The molecule has 274 valence electrons. The molecule has 7 rings (SSSR count). The molecule has 2 N–H and O–H groups in total. The number of nitrogens with zero attached hydrogens (tertiary/aromatic N) is 2. The molecule has 0 bridgehead atoms. The number of aromatic nitrogens is 2. The Hall–Kier alpha value is -5.38. The van der Waals surface area contributed by atoms with Crippen LogP contribution in [0.25, 0.3) is 33.1 Å². The molecule has 0 spiro atoms. The van der Waals surface area contributed by atoms with Crippen LogP contribution in [-0.2, 0) is 32.9 Å². The molecule has 0 aliphatic carbocycles. The summed E-state index contributed by atoms with van der Waals surface area (Å²) in [5.74, 6) is 0.818. The number of rotatable bonds is 11. The molecule has 0 saturated heterocycles. The third kappa shape index (κ3) is 7.87. The summed E-state index contributed by atoms with van der Waals surface area (Å²) in [6.45, 7) is 3.91. The van der Waals surface area contributed by atoms with Gasteiger partial charge in [0.15, 0.2) is 22.8 Å². The largest absolute Gasteiger partial charge is 0.495 e. The van der Waals surface area contributed by atoms with Crippen LogP contribution in [0, 0.1) is 0 Å². The van der Waals surface area contributed by atoms with Crippen molar-refractivity contribution >= 4 is 69.6 Å². The predicted octanol–water partition coefficient (Wildman–Crippen LogP) is 8.83. The number of sulfonamides is 2. The maximum absolute atomic E-state index is 13.1. The van der Waals surface area contributed by atoms with Crippen molar-refractivity contribution < 1.29 is 35.4 Å². The Morgan fingerprint density at radius 3 is 1.62 bits per heavy atom. The van der Waals surface area contributed by atoms with Gasteiger partial charge >= 0.3 is 0 Å². The van der Waals surface area contributed by atoms with Crippen LogP contribution < -0.4 is 18.9 Å². The summed E-state index contributed by atoms with van der Waals surface area (Å²) in [7, 11) is -4.93. The number of hydrogen-bond donors (Lipinski definition) is 2. The molecule has 0 atom stereocenters. The van der Waals surface area contributed by atoms with Crippen LogP contribution in [0.15, 0.2) is 126 Å². The first-order valence-corrected chi connectivity index (χ1v) is 20.1. The second-order valence-corrected chi connectivity index (χ2v) is 15.8. The fraction of sp³-hybridized carbons (Fsp3) is 0.158.